The predicted octanol–water partition coefficient (Wildman–Crippen LogP) is 2.07. The van der Waals surface area contributed by atoms with Crippen LogP contribution in [0.4, 0.5) is 5.69 Å². The Hall–Kier alpha value is -2.43. The van der Waals surface area contributed by atoms with E-state index in [9.17, 15) is 0 Å². The summed E-state index contributed by atoms with van der Waals surface area (Å²) in [7, 11) is 1.61. The number of benzene rings is 1. The van der Waals surface area contributed by atoms with Crippen LogP contribution in [-0.4, -0.2) is 18.9 Å². The molecular formula is C13H12N2O3. The molecule has 0 atom stereocenters. The van der Waals surface area contributed by atoms with Crippen LogP contribution in [0, 0.1) is 0 Å². The van der Waals surface area contributed by atoms with E-state index in [1.807, 2.05) is 12.1 Å². The maximum atomic E-state index is 5.93. The summed E-state index contributed by atoms with van der Waals surface area (Å²) in [6.45, 7) is 0.230. The molecule has 1 aromatic carbocycles. The number of pyridine rings is 1. The Morgan fingerprint density at radius 1 is 1.22 bits per heavy atom. The van der Waals surface area contributed by atoms with E-state index in [2.05, 4.69) is 4.98 Å². The lowest BCUT2D eigenvalue weighted by molar-refractivity contribution is 0.174. The fourth-order valence-electron chi connectivity index (χ4n) is 1.95. The van der Waals surface area contributed by atoms with Gasteiger partial charge in [0.15, 0.2) is 11.5 Å². The van der Waals surface area contributed by atoms with Gasteiger partial charge in [-0.15, -0.1) is 0 Å². The summed E-state index contributed by atoms with van der Waals surface area (Å²) in [6, 6.07) is 5.51. The van der Waals surface area contributed by atoms with Gasteiger partial charge in [-0.2, -0.15) is 0 Å². The molecule has 1 aliphatic heterocycles. The zero-order valence-electron chi connectivity index (χ0n) is 9.84. The molecule has 2 N–H and O–H groups in total. The molecule has 3 rings (SSSR count). The number of nitrogens with two attached hydrogens (primary N) is 1. The van der Waals surface area contributed by atoms with Gasteiger partial charge < -0.3 is 19.9 Å². The number of fused-ring (bicyclic) bond motifs is 1. The van der Waals surface area contributed by atoms with Gasteiger partial charge in [0.25, 0.3) is 0 Å². The van der Waals surface area contributed by atoms with E-state index in [4.69, 9.17) is 19.9 Å². The second-order valence-corrected chi connectivity index (χ2v) is 3.87. The van der Waals surface area contributed by atoms with Crippen molar-refractivity contribution in [2.24, 2.45) is 0 Å². The standard InChI is InChI=1S/C13H12N2O3/c1-16-11-5-13-12(17-7-18-13)4-9(11)8-2-3-15-6-10(8)14/h2-6H,7,14H2,1H3. The van der Waals surface area contributed by atoms with Gasteiger partial charge in [-0.25, -0.2) is 0 Å². The van der Waals surface area contributed by atoms with Crippen LogP contribution in [0.15, 0.2) is 30.6 Å². The van der Waals surface area contributed by atoms with E-state index < -0.39 is 0 Å². The molecule has 18 heavy (non-hydrogen) atoms. The molecule has 2 aromatic rings. The summed E-state index contributed by atoms with van der Waals surface area (Å²) in [5, 5.41) is 0. The van der Waals surface area contributed by atoms with E-state index in [1.54, 1.807) is 25.6 Å². The first-order chi connectivity index (χ1) is 8.79. The van der Waals surface area contributed by atoms with Gasteiger partial charge in [0.05, 0.1) is 19.0 Å². The van der Waals surface area contributed by atoms with Crippen molar-refractivity contribution in [3.63, 3.8) is 0 Å². The van der Waals surface area contributed by atoms with Crippen molar-refractivity contribution < 1.29 is 14.2 Å². The predicted molar refractivity (Wildman–Crippen MR) is 66.8 cm³/mol. The highest BCUT2D eigenvalue weighted by molar-refractivity contribution is 5.82. The molecule has 1 aliphatic rings. The Balaban J connectivity index is 2.20. The second-order valence-electron chi connectivity index (χ2n) is 3.87. The van der Waals surface area contributed by atoms with Gasteiger partial charge in [-0.05, 0) is 12.1 Å². The van der Waals surface area contributed by atoms with Crippen LogP contribution in [0.5, 0.6) is 17.2 Å². The van der Waals surface area contributed by atoms with Crippen LogP contribution in [0.25, 0.3) is 11.1 Å². The number of hydrogen-bond acceptors (Lipinski definition) is 5. The average Bonchev–Trinajstić information content (AvgIpc) is 2.85. The summed E-state index contributed by atoms with van der Waals surface area (Å²) >= 11 is 0. The molecule has 0 aliphatic carbocycles. The minimum Gasteiger partial charge on any atom is -0.496 e. The van der Waals surface area contributed by atoms with E-state index >= 15 is 0 Å². The van der Waals surface area contributed by atoms with Crippen LogP contribution in [-0.2, 0) is 0 Å². The van der Waals surface area contributed by atoms with Crippen LogP contribution in [0.3, 0.4) is 0 Å². The van der Waals surface area contributed by atoms with Crippen molar-refractivity contribution in [3.8, 4) is 28.4 Å². The normalized spacial score (nSPS) is 12.5. The van der Waals surface area contributed by atoms with Crippen molar-refractivity contribution in [2.75, 3.05) is 19.6 Å². The number of rotatable bonds is 2. The fourth-order valence-corrected chi connectivity index (χ4v) is 1.95. The Morgan fingerprint density at radius 2 is 2.00 bits per heavy atom. The third-order valence-electron chi connectivity index (χ3n) is 2.84. The summed E-state index contributed by atoms with van der Waals surface area (Å²) in [5.74, 6) is 2.07. The maximum absolute atomic E-state index is 5.93. The van der Waals surface area contributed by atoms with Gasteiger partial charge in [0, 0.05) is 23.4 Å². The largest absolute Gasteiger partial charge is 0.496 e. The summed E-state index contributed by atoms with van der Waals surface area (Å²) in [5.41, 5.74) is 8.25. The van der Waals surface area contributed by atoms with E-state index in [0.717, 1.165) is 11.1 Å². The minimum absolute atomic E-state index is 0.230. The first-order valence-corrected chi connectivity index (χ1v) is 5.47. The minimum atomic E-state index is 0.230. The molecule has 0 saturated carbocycles. The van der Waals surface area contributed by atoms with Crippen LogP contribution in [0.2, 0.25) is 0 Å². The Bertz CT molecular complexity index is 599. The highest BCUT2D eigenvalue weighted by Gasteiger charge is 2.19. The zero-order valence-corrected chi connectivity index (χ0v) is 9.84. The molecule has 0 spiro atoms. The summed E-state index contributed by atoms with van der Waals surface area (Å²) < 4.78 is 16.1. The van der Waals surface area contributed by atoms with Crippen molar-refractivity contribution in [3.05, 3.63) is 30.6 Å². The third kappa shape index (κ3) is 1.60. The van der Waals surface area contributed by atoms with Gasteiger partial charge in [0.2, 0.25) is 6.79 Å². The van der Waals surface area contributed by atoms with Gasteiger partial charge in [-0.3, -0.25) is 4.98 Å². The molecule has 0 amide bonds. The van der Waals surface area contributed by atoms with Crippen LogP contribution in [0.1, 0.15) is 0 Å². The lowest BCUT2D eigenvalue weighted by Gasteiger charge is -2.11. The Morgan fingerprint density at radius 3 is 2.72 bits per heavy atom. The number of hydrogen-bond donors (Lipinski definition) is 1. The first-order valence-electron chi connectivity index (χ1n) is 5.47. The topological polar surface area (TPSA) is 66.6 Å². The number of aromatic nitrogens is 1. The molecule has 2 heterocycles. The number of ether oxygens (including phenoxy) is 3. The average molecular weight is 244 g/mol. The molecule has 0 unspecified atom stereocenters. The molecule has 5 nitrogen and oxygen atoms in total. The molecular weight excluding hydrogens is 232 g/mol. The van der Waals surface area contributed by atoms with Gasteiger partial charge >= 0.3 is 0 Å². The molecule has 0 fully saturated rings. The SMILES string of the molecule is COc1cc2c(cc1-c1ccncc1N)OCO2. The zero-order chi connectivity index (χ0) is 12.5. The molecule has 5 heteroatoms. The quantitative estimate of drug-likeness (QED) is 0.875. The Kier molecular flexibility index (Phi) is 2.44. The van der Waals surface area contributed by atoms with Crippen molar-refractivity contribution in [1.29, 1.82) is 0 Å². The first kappa shape index (κ1) is 10.7. The molecule has 1 aromatic heterocycles. The number of methoxy groups -OCH3 is 1. The monoisotopic (exact) mass is 244 g/mol. The number of anilines is 1. The molecule has 92 valence electrons. The van der Waals surface area contributed by atoms with Crippen molar-refractivity contribution in [1.82, 2.24) is 4.98 Å². The van der Waals surface area contributed by atoms with Crippen molar-refractivity contribution >= 4 is 5.69 Å². The summed E-state index contributed by atoms with van der Waals surface area (Å²) in [6.07, 6.45) is 3.30. The van der Waals surface area contributed by atoms with E-state index in [0.29, 0.717) is 22.9 Å². The summed E-state index contributed by atoms with van der Waals surface area (Å²) in [4.78, 5) is 3.98. The number of nitrogens with zero attached hydrogens (tertiary/aromatic N) is 1. The second kappa shape index (κ2) is 4.10. The molecule has 0 saturated heterocycles. The molecule has 0 radical (unpaired) electrons. The van der Waals surface area contributed by atoms with Gasteiger partial charge in [-0.1, -0.05) is 0 Å². The smallest absolute Gasteiger partial charge is 0.231 e. The lowest BCUT2D eigenvalue weighted by Crippen LogP contribution is -1.94. The molecule has 0 bridgehead atoms. The maximum Gasteiger partial charge on any atom is 0.231 e. The van der Waals surface area contributed by atoms with Crippen molar-refractivity contribution in [2.45, 2.75) is 0 Å². The van der Waals surface area contributed by atoms with Crippen LogP contribution < -0.4 is 19.9 Å². The third-order valence-corrected chi connectivity index (χ3v) is 2.84. The fraction of sp³-hybridized carbons (Fsp3) is 0.154. The van der Waals surface area contributed by atoms with E-state index in [-0.39, 0.29) is 6.79 Å². The highest BCUT2D eigenvalue weighted by atomic mass is 16.7. The van der Waals surface area contributed by atoms with Crippen LogP contribution >= 0.6 is 0 Å². The highest BCUT2D eigenvalue weighted by Crippen LogP contribution is 2.43. The van der Waals surface area contributed by atoms with E-state index in [1.165, 1.54) is 0 Å². The van der Waals surface area contributed by atoms with Gasteiger partial charge in [0.1, 0.15) is 5.75 Å². The lowest BCUT2D eigenvalue weighted by atomic mass is 10.0. The number of nitrogen functional groups attached to an aromatic ring is 1. The Labute approximate surface area is 104 Å².